The molecule has 2 aliphatic heterocycles. The Hall–Kier alpha value is -1.42. The summed E-state index contributed by atoms with van der Waals surface area (Å²) in [5.74, 6) is 0.911. The van der Waals surface area contributed by atoms with E-state index in [9.17, 15) is 0 Å². The van der Waals surface area contributed by atoms with Crippen LogP contribution in [0, 0.1) is 0 Å². The lowest BCUT2D eigenvalue weighted by Gasteiger charge is -2.37. The monoisotopic (exact) mass is 304 g/mol. The third-order valence-corrected chi connectivity index (χ3v) is 3.86. The van der Waals surface area contributed by atoms with Gasteiger partial charge in [-0.1, -0.05) is 26.0 Å². The Morgan fingerprint density at radius 3 is 2.41 bits per heavy atom. The molecule has 0 radical (unpaired) electrons. The van der Waals surface area contributed by atoms with E-state index >= 15 is 0 Å². The molecule has 0 N–H and O–H groups in total. The third-order valence-electron chi connectivity index (χ3n) is 3.86. The molecule has 0 unspecified atom stereocenters. The predicted molar refractivity (Wildman–Crippen MR) is 97.4 cm³/mol. The number of allylic oxidation sites excluding steroid dienone is 1. The first-order valence-corrected chi connectivity index (χ1v) is 8.46. The summed E-state index contributed by atoms with van der Waals surface area (Å²) in [4.78, 5) is 7.08. The fourth-order valence-electron chi connectivity index (χ4n) is 2.64. The minimum atomic E-state index is 0.449. The van der Waals surface area contributed by atoms with Gasteiger partial charge in [0, 0.05) is 30.9 Å². The number of likely N-dealkylation sites (tertiary alicyclic amines) is 1. The minimum Gasteiger partial charge on any atom is -0.301 e. The number of nitrogens with zero attached hydrogens (tertiary/aromatic N) is 4. The van der Waals surface area contributed by atoms with Gasteiger partial charge in [0.25, 0.3) is 0 Å². The van der Waals surface area contributed by atoms with Gasteiger partial charge in [-0.2, -0.15) is 5.10 Å². The Morgan fingerprint density at radius 1 is 1.32 bits per heavy atom. The van der Waals surface area contributed by atoms with Crippen molar-refractivity contribution in [1.82, 2.24) is 9.91 Å². The Kier molecular flexibility index (Phi) is 7.52. The van der Waals surface area contributed by atoms with Crippen LogP contribution in [0.3, 0.4) is 0 Å². The van der Waals surface area contributed by atoms with Crippen molar-refractivity contribution in [3.05, 3.63) is 23.9 Å². The van der Waals surface area contributed by atoms with E-state index in [1.807, 2.05) is 40.1 Å². The van der Waals surface area contributed by atoms with Gasteiger partial charge >= 0.3 is 0 Å². The molecular formula is C18H32N4. The second-order valence-corrected chi connectivity index (χ2v) is 6.13. The standard InChI is InChI=1S/C16H26N4.C2H6/c1-12(2)10-17-16-14(5)11-18-20(16)15-6-8-19(9-7-15)13(3)4;1-2/h10-11,13,15H,5-9H2,1-4H3;1-2H3. The summed E-state index contributed by atoms with van der Waals surface area (Å²) in [6, 6.07) is 1.08. The maximum atomic E-state index is 4.56. The normalized spacial score (nSPS) is 21.3. The van der Waals surface area contributed by atoms with E-state index in [1.165, 1.54) is 5.57 Å². The number of hydrazone groups is 1. The Bertz CT molecular complexity index is 448. The zero-order chi connectivity index (χ0) is 16.7. The van der Waals surface area contributed by atoms with Crippen LogP contribution in [0.1, 0.15) is 54.4 Å². The average molecular weight is 304 g/mol. The van der Waals surface area contributed by atoms with Crippen molar-refractivity contribution in [2.75, 3.05) is 13.1 Å². The molecule has 0 aromatic carbocycles. The topological polar surface area (TPSA) is 31.2 Å². The van der Waals surface area contributed by atoms with Crippen molar-refractivity contribution in [3.8, 4) is 0 Å². The van der Waals surface area contributed by atoms with Gasteiger partial charge in [0.1, 0.15) is 0 Å². The smallest absolute Gasteiger partial charge is 0.157 e. The van der Waals surface area contributed by atoms with Crippen molar-refractivity contribution >= 4 is 12.1 Å². The van der Waals surface area contributed by atoms with E-state index in [1.54, 1.807) is 0 Å². The van der Waals surface area contributed by atoms with Crippen LogP contribution in [0.5, 0.6) is 0 Å². The van der Waals surface area contributed by atoms with Crippen LogP contribution < -0.4 is 0 Å². The molecule has 2 rings (SSSR count). The number of hydrogen-bond donors (Lipinski definition) is 0. The molecule has 1 fully saturated rings. The second kappa shape index (κ2) is 8.89. The third kappa shape index (κ3) is 4.80. The van der Waals surface area contributed by atoms with Crippen LogP contribution in [-0.4, -0.2) is 47.1 Å². The lowest BCUT2D eigenvalue weighted by atomic mass is 10.0. The molecule has 0 amide bonds. The predicted octanol–water partition coefficient (Wildman–Crippen LogP) is 4.07. The summed E-state index contributed by atoms with van der Waals surface area (Å²) in [5, 5.41) is 6.57. The maximum Gasteiger partial charge on any atom is 0.157 e. The summed E-state index contributed by atoms with van der Waals surface area (Å²) < 4.78 is 0. The van der Waals surface area contributed by atoms with E-state index in [4.69, 9.17) is 0 Å². The fraction of sp³-hybridized carbons (Fsp3) is 0.667. The van der Waals surface area contributed by atoms with E-state index in [2.05, 4.69) is 40.4 Å². The molecule has 1 saturated heterocycles. The summed E-state index contributed by atoms with van der Waals surface area (Å²) in [7, 11) is 0. The fourth-order valence-corrected chi connectivity index (χ4v) is 2.64. The quantitative estimate of drug-likeness (QED) is 0.787. The first-order chi connectivity index (χ1) is 10.5. The molecule has 2 aliphatic rings. The Balaban J connectivity index is 0.00000116. The number of hydrogen-bond acceptors (Lipinski definition) is 3. The highest BCUT2D eigenvalue weighted by atomic mass is 15.5. The van der Waals surface area contributed by atoms with Crippen molar-refractivity contribution in [1.29, 1.82) is 0 Å². The molecule has 0 aromatic rings. The minimum absolute atomic E-state index is 0.449. The Morgan fingerprint density at radius 2 is 1.91 bits per heavy atom. The van der Waals surface area contributed by atoms with Crippen molar-refractivity contribution in [2.24, 2.45) is 10.1 Å². The van der Waals surface area contributed by atoms with Crippen LogP contribution in [0.15, 0.2) is 34.0 Å². The zero-order valence-corrected chi connectivity index (χ0v) is 15.1. The summed E-state index contributed by atoms with van der Waals surface area (Å²) in [6.45, 7) is 18.9. The summed E-state index contributed by atoms with van der Waals surface area (Å²) >= 11 is 0. The highest BCUT2D eigenvalue weighted by Gasteiger charge is 2.30. The zero-order valence-electron chi connectivity index (χ0n) is 15.1. The highest BCUT2D eigenvalue weighted by molar-refractivity contribution is 6.17. The number of rotatable bonds is 3. The number of aliphatic imine (C=N–C) groups is 1. The van der Waals surface area contributed by atoms with E-state index in [0.29, 0.717) is 12.1 Å². The average Bonchev–Trinajstić information content (AvgIpc) is 2.88. The molecule has 4 nitrogen and oxygen atoms in total. The van der Waals surface area contributed by atoms with Crippen LogP contribution >= 0.6 is 0 Å². The van der Waals surface area contributed by atoms with Gasteiger partial charge in [-0.05, 0) is 40.5 Å². The van der Waals surface area contributed by atoms with Crippen molar-refractivity contribution in [3.63, 3.8) is 0 Å². The number of piperidine rings is 1. The van der Waals surface area contributed by atoms with Crippen molar-refractivity contribution < 1.29 is 0 Å². The lowest BCUT2D eigenvalue weighted by Crippen LogP contribution is -2.46. The van der Waals surface area contributed by atoms with Gasteiger partial charge in [0.15, 0.2) is 5.84 Å². The molecule has 22 heavy (non-hydrogen) atoms. The van der Waals surface area contributed by atoms with Crippen LogP contribution in [0.4, 0.5) is 0 Å². The molecule has 0 atom stereocenters. The number of amidine groups is 1. The molecule has 0 saturated carbocycles. The SMILES string of the molecule is C=C1C=NN(C2CCN(C(C)C)CC2)C1=NC=C(C)C.CC. The van der Waals surface area contributed by atoms with Gasteiger partial charge in [0.2, 0.25) is 0 Å². The van der Waals surface area contributed by atoms with Crippen LogP contribution in [0.25, 0.3) is 0 Å². The Labute approximate surface area is 136 Å². The first kappa shape index (κ1) is 18.6. The van der Waals surface area contributed by atoms with Crippen molar-refractivity contribution in [2.45, 2.75) is 66.5 Å². The molecule has 124 valence electrons. The molecule has 4 heteroatoms. The summed E-state index contributed by atoms with van der Waals surface area (Å²) in [6.07, 6.45) is 5.99. The molecule has 0 aromatic heterocycles. The summed E-state index contributed by atoms with van der Waals surface area (Å²) in [5.41, 5.74) is 2.10. The first-order valence-electron chi connectivity index (χ1n) is 8.46. The molecular weight excluding hydrogens is 272 g/mol. The van der Waals surface area contributed by atoms with E-state index in [-0.39, 0.29) is 0 Å². The van der Waals surface area contributed by atoms with Crippen LogP contribution in [-0.2, 0) is 0 Å². The van der Waals surface area contributed by atoms with Gasteiger partial charge in [-0.15, -0.1) is 0 Å². The largest absolute Gasteiger partial charge is 0.301 e. The highest BCUT2D eigenvalue weighted by Crippen LogP contribution is 2.23. The van der Waals surface area contributed by atoms with E-state index in [0.717, 1.165) is 37.3 Å². The molecule has 0 spiro atoms. The van der Waals surface area contributed by atoms with Gasteiger partial charge in [-0.3, -0.25) is 0 Å². The molecule has 0 bridgehead atoms. The second-order valence-electron chi connectivity index (χ2n) is 6.13. The van der Waals surface area contributed by atoms with Gasteiger partial charge < -0.3 is 4.90 Å². The maximum absolute atomic E-state index is 4.56. The lowest BCUT2D eigenvalue weighted by molar-refractivity contribution is 0.131. The van der Waals surface area contributed by atoms with Crippen LogP contribution in [0.2, 0.25) is 0 Å². The molecule has 0 aliphatic carbocycles. The molecule has 2 heterocycles. The van der Waals surface area contributed by atoms with Gasteiger partial charge in [0.05, 0.1) is 12.3 Å². The van der Waals surface area contributed by atoms with Gasteiger partial charge in [-0.25, -0.2) is 10.0 Å². The van der Waals surface area contributed by atoms with E-state index < -0.39 is 0 Å².